The molecule has 0 radical (unpaired) electrons. The summed E-state index contributed by atoms with van der Waals surface area (Å²) >= 11 is 0. The molecule has 35 heavy (non-hydrogen) atoms. The topological polar surface area (TPSA) is 58.7 Å². The molecule has 1 aliphatic heterocycles. The van der Waals surface area contributed by atoms with Gasteiger partial charge >= 0.3 is 0 Å². The Morgan fingerprint density at radius 1 is 0.943 bits per heavy atom. The first kappa shape index (κ1) is 22.5. The van der Waals surface area contributed by atoms with E-state index in [0.29, 0.717) is 5.76 Å². The Morgan fingerprint density at radius 2 is 1.69 bits per heavy atom. The summed E-state index contributed by atoms with van der Waals surface area (Å²) in [5.74, 6) is 0.279. The molecule has 6 heteroatoms. The lowest BCUT2D eigenvalue weighted by molar-refractivity contribution is -0.133. The predicted octanol–water partition coefficient (Wildman–Crippen LogP) is 5.46. The van der Waals surface area contributed by atoms with E-state index in [-0.39, 0.29) is 24.4 Å². The van der Waals surface area contributed by atoms with E-state index in [1.165, 1.54) is 6.08 Å². The molecule has 0 saturated heterocycles. The van der Waals surface area contributed by atoms with Gasteiger partial charge in [-0.15, -0.1) is 0 Å². The first-order valence-electron chi connectivity index (χ1n) is 11.7. The Hall–Kier alpha value is -4.32. The number of anilines is 1. The fraction of sp³-hybridized carbons (Fsp3) is 0.172. The van der Waals surface area contributed by atoms with E-state index in [0.717, 1.165) is 22.6 Å². The van der Waals surface area contributed by atoms with Crippen LogP contribution in [-0.2, 0) is 9.59 Å². The van der Waals surface area contributed by atoms with Crippen LogP contribution in [-0.4, -0.2) is 33.9 Å². The molecule has 0 aliphatic carbocycles. The van der Waals surface area contributed by atoms with Gasteiger partial charge in [-0.2, -0.15) is 0 Å². The zero-order valence-electron chi connectivity index (χ0n) is 19.7. The molecular weight excluding hydrogens is 438 g/mol. The third kappa shape index (κ3) is 4.30. The molecule has 0 N–H and O–H groups in total. The maximum absolute atomic E-state index is 13.9. The number of aromatic nitrogens is 1. The summed E-state index contributed by atoms with van der Waals surface area (Å²) in [4.78, 5) is 30.4. The van der Waals surface area contributed by atoms with E-state index >= 15 is 0 Å². The van der Waals surface area contributed by atoms with Crippen molar-refractivity contribution in [2.75, 3.05) is 11.4 Å². The van der Waals surface area contributed by atoms with Gasteiger partial charge in [-0.1, -0.05) is 42.5 Å². The Labute approximate surface area is 204 Å². The number of nitrogens with zero attached hydrogens (tertiary/aromatic N) is 3. The van der Waals surface area contributed by atoms with E-state index in [2.05, 4.69) is 4.57 Å². The first-order valence-corrected chi connectivity index (χ1v) is 11.7. The van der Waals surface area contributed by atoms with E-state index in [9.17, 15) is 9.59 Å². The van der Waals surface area contributed by atoms with Crippen molar-refractivity contribution in [3.8, 4) is 5.69 Å². The highest BCUT2D eigenvalue weighted by Crippen LogP contribution is 2.42. The third-order valence-electron chi connectivity index (χ3n) is 6.23. The number of carbonyl (C=O) groups excluding carboxylic acids is 2. The molecule has 2 aromatic carbocycles. The van der Waals surface area contributed by atoms with E-state index in [4.69, 9.17) is 4.42 Å². The van der Waals surface area contributed by atoms with Crippen LogP contribution in [0.25, 0.3) is 11.8 Å². The summed E-state index contributed by atoms with van der Waals surface area (Å²) in [6.45, 7) is 3.78. The number of amides is 2. The molecule has 3 heterocycles. The van der Waals surface area contributed by atoms with Gasteiger partial charge in [0.1, 0.15) is 18.3 Å². The average Bonchev–Trinajstić information content (AvgIpc) is 3.58. The molecule has 6 nitrogen and oxygen atoms in total. The summed E-state index contributed by atoms with van der Waals surface area (Å²) in [5, 5.41) is 0. The predicted molar refractivity (Wildman–Crippen MR) is 136 cm³/mol. The maximum Gasteiger partial charge on any atom is 0.247 e. The van der Waals surface area contributed by atoms with Crippen molar-refractivity contribution < 1.29 is 14.0 Å². The van der Waals surface area contributed by atoms with Crippen molar-refractivity contribution in [2.45, 2.75) is 25.9 Å². The van der Waals surface area contributed by atoms with Crippen LogP contribution in [0.4, 0.5) is 5.69 Å². The second-order valence-electron chi connectivity index (χ2n) is 8.78. The molecule has 176 valence electrons. The molecule has 1 atom stereocenters. The third-order valence-corrected chi connectivity index (χ3v) is 6.23. The molecule has 1 unspecified atom stereocenters. The second kappa shape index (κ2) is 9.50. The number of fused-ring (bicyclic) bond motifs is 3. The van der Waals surface area contributed by atoms with Gasteiger partial charge in [0.15, 0.2) is 0 Å². The van der Waals surface area contributed by atoms with Crippen molar-refractivity contribution in [3.05, 3.63) is 114 Å². The SMILES string of the molecule is CC(C)N(CC(=O)N1c2ccccc2-n2cccc2C1c1ccco1)C(=O)/C=C/c1ccccc1. The van der Waals surface area contributed by atoms with Gasteiger partial charge in [-0.3, -0.25) is 14.5 Å². The van der Waals surface area contributed by atoms with Crippen LogP contribution in [0, 0.1) is 0 Å². The Morgan fingerprint density at radius 3 is 2.40 bits per heavy atom. The van der Waals surface area contributed by atoms with E-state index < -0.39 is 6.04 Å². The summed E-state index contributed by atoms with van der Waals surface area (Å²) in [7, 11) is 0. The molecule has 2 amide bonds. The molecule has 0 bridgehead atoms. The second-order valence-corrected chi connectivity index (χ2v) is 8.78. The molecule has 5 rings (SSSR count). The number of benzene rings is 2. The minimum absolute atomic E-state index is 0.0537. The van der Waals surface area contributed by atoms with Crippen molar-refractivity contribution in [2.24, 2.45) is 0 Å². The van der Waals surface area contributed by atoms with E-state index in [1.807, 2.05) is 98.9 Å². The summed E-state index contributed by atoms with van der Waals surface area (Å²) < 4.78 is 7.87. The molecule has 0 spiro atoms. The van der Waals surface area contributed by atoms with Crippen LogP contribution < -0.4 is 4.90 Å². The van der Waals surface area contributed by atoms with E-state index in [1.54, 1.807) is 22.1 Å². The molecule has 2 aromatic heterocycles. The largest absolute Gasteiger partial charge is 0.467 e. The Balaban J connectivity index is 1.49. The highest BCUT2D eigenvalue weighted by molar-refractivity contribution is 6.02. The van der Waals surface area contributed by atoms with Crippen molar-refractivity contribution in [3.63, 3.8) is 0 Å². The van der Waals surface area contributed by atoms with Gasteiger partial charge < -0.3 is 13.9 Å². The molecule has 0 saturated carbocycles. The highest BCUT2D eigenvalue weighted by atomic mass is 16.3. The zero-order chi connectivity index (χ0) is 24.4. The fourth-order valence-corrected chi connectivity index (χ4v) is 4.54. The van der Waals surface area contributed by atoms with Gasteiger partial charge in [-0.25, -0.2) is 0 Å². The van der Waals surface area contributed by atoms with Crippen LogP contribution in [0.1, 0.15) is 36.9 Å². The normalized spacial score (nSPS) is 14.7. The summed E-state index contributed by atoms with van der Waals surface area (Å²) in [6, 6.07) is 24.5. The van der Waals surface area contributed by atoms with Gasteiger partial charge in [0.2, 0.25) is 11.8 Å². The zero-order valence-corrected chi connectivity index (χ0v) is 19.7. The van der Waals surface area contributed by atoms with Crippen LogP contribution in [0.15, 0.2) is 102 Å². The molecule has 0 fully saturated rings. The highest BCUT2D eigenvalue weighted by Gasteiger charge is 2.38. The summed E-state index contributed by atoms with van der Waals surface area (Å²) in [5.41, 5.74) is 3.55. The average molecular weight is 466 g/mol. The lowest BCUT2D eigenvalue weighted by Gasteiger charge is -2.38. The van der Waals surface area contributed by atoms with Crippen molar-refractivity contribution >= 4 is 23.6 Å². The fourth-order valence-electron chi connectivity index (χ4n) is 4.54. The lowest BCUT2D eigenvalue weighted by Crippen LogP contribution is -2.48. The Bertz CT molecular complexity index is 1350. The molecule has 1 aliphatic rings. The standard InChI is InChI=1S/C29H27N3O3/c1-21(2)31(27(33)17-16-22-10-4-3-5-11-22)20-28(34)32-24-13-7-6-12-23(24)30-18-8-14-25(30)29(32)26-15-9-19-35-26/h3-19,21,29H,20H2,1-2H3/b17-16+. The maximum atomic E-state index is 13.9. The lowest BCUT2D eigenvalue weighted by atomic mass is 10.0. The van der Waals surface area contributed by atoms with Gasteiger partial charge in [0.25, 0.3) is 0 Å². The smallest absolute Gasteiger partial charge is 0.247 e. The van der Waals surface area contributed by atoms with Crippen molar-refractivity contribution in [1.29, 1.82) is 0 Å². The minimum atomic E-state index is -0.439. The number of rotatable bonds is 6. The number of hydrogen-bond acceptors (Lipinski definition) is 3. The van der Waals surface area contributed by atoms with Gasteiger partial charge in [0.05, 0.1) is 23.3 Å². The number of para-hydroxylation sites is 2. The molecular formula is C29H27N3O3. The molecule has 4 aromatic rings. The number of carbonyl (C=O) groups is 2. The van der Waals surface area contributed by atoms with Crippen LogP contribution >= 0.6 is 0 Å². The first-order chi connectivity index (χ1) is 17.0. The quantitative estimate of drug-likeness (QED) is 0.356. The van der Waals surface area contributed by atoms with Crippen molar-refractivity contribution in [1.82, 2.24) is 9.47 Å². The number of furan rings is 1. The Kier molecular flexibility index (Phi) is 6.10. The minimum Gasteiger partial charge on any atom is -0.467 e. The summed E-state index contributed by atoms with van der Waals surface area (Å²) in [6.07, 6.45) is 6.91. The monoisotopic (exact) mass is 465 g/mol. The van der Waals surface area contributed by atoms with Crippen LogP contribution in [0.5, 0.6) is 0 Å². The van der Waals surface area contributed by atoms with Gasteiger partial charge in [-0.05, 0) is 61.9 Å². The number of hydrogen-bond donors (Lipinski definition) is 0. The van der Waals surface area contributed by atoms with Crippen LogP contribution in [0.3, 0.4) is 0 Å². The van der Waals surface area contributed by atoms with Crippen LogP contribution in [0.2, 0.25) is 0 Å². The van der Waals surface area contributed by atoms with Gasteiger partial charge in [0, 0.05) is 18.3 Å².